The molecular weight excluding hydrogens is 384 g/mol. The number of nitrogens with zero attached hydrogens (tertiary/aromatic N) is 3. The molecular formula is C22H28N4O4. The molecule has 1 aliphatic rings. The summed E-state index contributed by atoms with van der Waals surface area (Å²) < 4.78 is 0. The fourth-order valence-electron chi connectivity index (χ4n) is 3.69. The number of carbonyl (C=O) groups is 2. The highest BCUT2D eigenvalue weighted by Crippen LogP contribution is 2.27. The number of piperidine rings is 1. The minimum absolute atomic E-state index is 0.175. The van der Waals surface area contributed by atoms with Gasteiger partial charge in [0, 0.05) is 25.2 Å². The number of hydrogen-bond donors (Lipinski definition) is 3. The Labute approximate surface area is 176 Å². The summed E-state index contributed by atoms with van der Waals surface area (Å²) in [6.45, 7) is 7.19. The first-order chi connectivity index (χ1) is 14.2. The molecule has 30 heavy (non-hydrogen) atoms. The summed E-state index contributed by atoms with van der Waals surface area (Å²) in [5.74, 6) is -1.32. The smallest absolute Gasteiger partial charge is 0.322 e. The quantitative estimate of drug-likeness (QED) is 0.667. The Morgan fingerprint density at radius 1 is 1.13 bits per heavy atom. The van der Waals surface area contributed by atoms with E-state index in [4.69, 9.17) is 5.11 Å². The van der Waals surface area contributed by atoms with Crippen molar-refractivity contribution in [1.82, 2.24) is 15.3 Å². The van der Waals surface area contributed by atoms with Gasteiger partial charge >= 0.3 is 5.97 Å². The number of nitrogens with one attached hydrogen (secondary N) is 1. The zero-order valence-corrected chi connectivity index (χ0v) is 17.6. The van der Waals surface area contributed by atoms with E-state index in [2.05, 4.69) is 52.2 Å². The molecule has 2 aromatic rings. The van der Waals surface area contributed by atoms with Gasteiger partial charge in [-0.15, -0.1) is 0 Å². The average Bonchev–Trinajstić information content (AvgIpc) is 2.71. The lowest BCUT2D eigenvalue weighted by Gasteiger charge is -2.33. The Morgan fingerprint density at radius 3 is 2.47 bits per heavy atom. The van der Waals surface area contributed by atoms with Crippen molar-refractivity contribution in [1.29, 1.82) is 0 Å². The topological polar surface area (TPSA) is 116 Å². The van der Waals surface area contributed by atoms with E-state index in [1.807, 2.05) is 0 Å². The van der Waals surface area contributed by atoms with Crippen LogP contribution in [0.5, 0.6) is 5.75 Å². The number of amides is 1. The summed E-state index contributed by atoms with van der Waals surface area (Å²) >= 11 is 0. The molecule has 0 aliphatic carbocycles. The molecule has 2 heterocycles. The monoisotopic (exact) mass is 412 g/mol. The lowest BCUT2D eigenvalue weighted by atomic mass is 9.92. The minimum Gasteiger partial charge on any atom is -0.504 e. The first-order valence-electron chi connectivity index (χ1n) is 10.1. The molecule has 160 valence electrons. The van der Waals surface area contributed by atoms with Gasteiger partial charge in [-0.2, -0.15) is 0 Å². The van der Waals surface area contributed by atoms with Crippen molar-refractivity contribution >= 4 is 17.6 Å². The van der Waals surface area contributed by atoms with Gasteiger partial charge in [-0.25, -0.2) is 9.97 Å². The third-order valence-electron chi connectivity index (χ3n) is 5.66. The summed E-state index contributed by atoms with van der Waals surface area (Å²) in [6.07, 6.45) is 2.58. The molecule has 8 nitrogen and oxygen atoms in total. The molecule has 1 aromatic carbocycles. The van der Waals surface area contributed by atoms with E-state index >= 15 is 0 Å². The molecule has 0 bridgehead atoms. The minimum atomic E-state index is -1.16. The number of benzene rings is 1. The number of aryl methyl sites for hydroxylation is 3. The van der Waals surface area contributed by atoms with E-state index in [0.717, 1.165) is 25.9 Å². The number of anilines is 1. The Hall–Kier alpha value is -3.16. The van der Waals surface area contributed by atoms with Crippen LogP contribution in [0.25, 0.3) is 0 Å². The Morgan fingerprint density at radius 2 is 1.83 bits per heavy atom. The highest BCUT2D eigenvalue weighted by molar-refractivity contribution is 5.96. The maximum atomic E-state index is 12.2. The van der Waals surface area contributed by atoms with Gasteiger partial charge in [-0.05, 0) is 62.8 Å². The summed E-state index contributed by atoms with van der Waals surface area (Å²) in [5.41, 5.74) is 3.96. The normalized spacial score (nSPS) is 14.6. The van der Waals surface area contributed by atoms with Crippen LogP contribution in [0.15, 0.2) is 18.2 Å². The van der Waals surface area contributed by atoms with Crippen LogP contribution >= 0.6 is 0 Å². The Kier molecular flexibility index (Phi) is 6.54. The van der Waals surface area contributed by atoms with E-state index in [1.54, 1.807) is 6.92 Å². The number of carbonyl (C=O) groups excluding carboxylic acids is 1. The largest absolute Gasteiger partial charge is 0.504 e. The number of aromatic hydroxyl groups is 1. The van der Waals surface area contributed by atoms with E-state index < -0.39 is 18.4 Å². The molecule has 0 unspecified atom stereocenters. The summed E-state index contributed by atoms with van der Waals surface area (Å²) in [7, 11) is 0. The van der Waals surface area contributed by atoms with Crippen LogP contribution in [-0.2, 0) is 11.2 Å². The predicted molar refractivity (Wildman–Crippen MR) is 113 cm³/mol. The van der Waals surface area contributed by atoms with Crippen LogP contribution in [0.3, 0.4) is 0 Å². The van der Waals surface area contributed by atoms with Crippen molar-refractivity contribution in [3.8, 4) is 5.75 Å². The molecule has 3 N–H and O–H groups in total. The fraction of sp³-hybridized carbons (Fsp3) is 0.455. The number of aromatic nitrogens is 2. The second-order valence-electron chi connectivity index (χ2n) is 7.90. The van der Waals surface area contributed by atoms with Crippen molar-refractivity contribution in [2.24, 2.45) is 5.92 Å². The van der Waals surface area contributed by atoms with E-state index in [0.29, 0.717) is 23.9 Å². The third-order valence-corrected chi connectivity index (χ3v) is 5.66. The highest BCUT2D eigenvalue weighted by atomic mass is 16.4. The molecule has 1 aromatic heterocycles. The molecule has 1 amide bonds. The van der Waals surface area contributed by atoms with Crippen LogP contribution in [0.4, 0.5) is 5.69 Å². The lowest BCUT2D eigenvalue weighted by Crippen LogP contribution is -2.34. The van der Waals surface area contributed by atoms with Gasteiger partial charge in [0.2, 0.25) is 0 Å². The van der Waals surface area contributed by atoms with Crippen molar-refractivity contribution in [3.63, 3.8) is 0 Å². The van der Waals surface area contributed by atoms with Crippen molar-refractivity contribution < 1.29 is 19.8 Å². The summed E-state index contributed by atoms with van der Waals surface area (Å²) in [6, 6.07) is 6.54. The number of carboxylic acid groups (broad SMARTS) is 1. The molecule has 0 saturated carbocycles. The molecule has 1 aliphatic heterocycles. The van der Waals surface area contributed by atoms with Crippen LogP contribution < -0.4 is 10.2 Å². The summed E-state index contributed by atoms with van der Waals surface area (Å²) in [5, 5.41) is 21.1. The number of aliphatic carboxylic acids is 1. The van der Waals surface area contributed by atoms with Crippen molar-refractivity contribution in [3.05, 3.63) is 46.5 Å². The zero-order valence-electron chi connectivity index (χ0n) is 17.6. The van der Waals surface area contributed by atoms with E-state index in [1.165, 1.54) is 16.8 Å². The molecule has 1 fully saturated rings. The zero-order chi connectivity index (χ0) is 21.8. The predicted octanol–water partition coefficient (Wildman–Crippen LogP) is 2.38. The number of carboxylic acids is 1. The SMILES string of the molecule is Cc1ccc(N2CCC(Cc3nc(C)c(O)c(C(=O)NCC(=O)O)n3)CC2)cc1C. The van der Waals surface area contributed by atoms with Gasteiger partial charge in [0.15, 0.2) is 11.4 Å². The third kappa shape index (κ3) is 5.06. The maximum Gasteiger partial charge on any atom is 0.322 e. The van der Waals surface area contributed by atoms with Crippen LogP contribution in [0, 0.1) is 26.7 Å². The molecule has 0 spiro atoms. The molecule has 1 saturated heterocycles. The first-order valence-corrected chi connectivity index (χ1v) is 10.1. The van der Waals surface area contributed by atoms with Crippen molar-refractivity contribution in [2.75, 3.05) is 24.5 Å². The first kappa shape index (κ1) is 21.5. The van der Waals surface area contributed by atoms with Crippen LogP contribution in [-0.4, -0.2) is 51.7 Å². The molecule has 3 rings (SSSR count). The standard InChI is InChI=1S/C22H28N4O4/c1-13-4-5-17(10-14(13)2)26-8-6-16(7-9-26)11-18-24-15(3)21(29)20(25-18)22(30)23-12-19(27)28/h4-5,10,16,29H,6-9,11-12H2,1-3H3,(H,23,30)(H,27,28). The van der Waals surface area contributed by atoms with Gasteiger partial charge in [-0.1, -0.05) is 6.07 Å². The van der Waals surface area contributed by atoms with Crippen LogP contribution in [0.2, 0.25) is 0 Å². The number of rotatable bonds is 6. The molecule has 8 heteroatoms. The van der Waals surface area contributed by atoms with E-state index in [9.17, 15) is 14.7 Å². The second kappa shape index (κ2) is 9.11. The van der Waals surface area contributed by atoms with Gasteiger partial charge in [0.1, 0.15) is 12.4 Å². The molecule has 0 radical (unpaired) electrons. The molecule has 0 atom stereocenters. The van der Waals surface area contributed by atoms with Gasteiger partial charge < -0.3 is 20.4 Å². The summed E-state index contributed by atoms with van der Waals surface area (Å²) in [4.78, 5) is 33.8. The van der Waals surface area contributed by atoms with Gasteiger partial charge in [0.05, 0.1) is 5.69 Å². The van der Waals surface area contributed by atoms with Crippen molar-refractivity contribution in [2.45, 2.75) is 40.0 Å². The number of hydrogen-bond acceptors (Lipinski definition) is 6. The highest BCUT2D eigenvalue weighted by Gasteiger charge is 2.23. The Balaban J connectivity index is 1.65. The van der Waals surface area contributed by atoms with E-state index in [-0.39, 0.29) is 11.4 Å². The lowest BCUT2D eigenvalue weighted by molar-refractivity contribution is -0.135. The van der Waals surface area contributed by atoms with Crippen LogP contribution in [0.1, 0.15) is 46.0 Å². The Bertz CT molecular complexity index is 952. The van der Waals surface area contributed by atoms with Gasteiger partial charge in [0.25, 0.3) is 5.91 Å². The maximum absolute atomic E-state index is 12.2. The fourth-order valence-corrected chi connectivity index (χ4v) is 3.69. The van der Waals surface area contributed by atoms with Gasteiger partial charge in [-0.3, -0.25) is 9.59 Å². The second-order valence-corrected chi connectivity index (χ2v) is 7.90. The average molecular weight is 412 g/mol.